The number of hydrogen-bond acceptors (Lipinski definition) is 15. The molecule has 0 rings (SSSR count). The van der Waals surface area contributed by atoms with Crippen LogP contribution in [0.4, 0.5) is 0 Å². The van der Waals surface area contributed by atoms with Gasteiger partial charge < -0.3 is 33.8 Å². The van der Waals surface area contributed by atoms with Gasteiger partial charge in [0.25, 0.3) is 0 Å². The van der Waals surface area contributed by atoms with Crippen LogP contribution in [0.3, 0.4) is 0 Å². The molecule has 0 fully saturated rings. The molecule has 0 spiro atoms. The lowest BCUT2D eigenvalue weighted by Crippen LogP contribution is -2.30. The molecule has 0 amide bonds. The minimum atomic E-state index is -4.96. The van der Waals surface area contributed by atoms with Crippen molar-refractivity contribution in [2.75, 3.05) is 39.6 Å². The number of ether oxygens (including phenoxy) is 4. The molecular formula is C80H156O17P2. The van der Waals surface area contributed by atoms with E-state index in [1.165, 1.54) is 205 Å². The van der Waals surface area contributed by atoms with Crippen LogP contribution in [0.15, 0.2) is 0 Å². The van der Waals surface area contributed by atoms with Gasteiger partial charge in [0.05, 0.1) is 26.4 Å². The molecule has 588 valence electrons. The second kappa shape index (κ2) is 69.1. The summed E-state index contributed by atoms with van der Waals surface area (Å²) < 4.78 is 68.7. The Morgan fingerprint density at radius 1 is 0.283 bits per heavy atom. The number of carbonyl (C=O) groups excluding carboxylic acids is 4. The van der Waals surface area contributed by atoms with E-state index < -0.39 is 97.5 Å². The first-order chi connectivity index (χ1) is 47.7. The van der Waals surface area contributed by atoms with Crippen molar-refractivity contribution in [3.63, 3.8) is 0 Å². The van der Waals surface area contributed by atoms with E-state index in [4.69, 9.17) is 37.0 Å². The number of esters is 4. The normalized spacial score (nSPS) is 14.6. The van der Waals surface area contributed by atoms with Gasteiger partial charge in [0.1, 0.15) is 19.3 Å². The lowest BCUT2D eigenvalue weighted by atomic mass is 9.99. The summed E-state index contributed by atoms with van der Waals surface area (Å²) in [6, 6.07) is 0. The van der Waals surface area contributed by atoms with Crippen molar-refractivity contribution < 1.29 is 80.2 Å². The van der Waals surface area contributed by atoms with Crippen LogP contribution in [-0.4, -0.2) is 96.7 Å². The summed E-state index contributed by atoms with van der Waals surface area (Å²) in [5, 5.41) is 10.6. The average molecular weight is 1450 g/mol. The first kappa shape index (κ1) is 97.1. The molecule has 17 nitrogen and oxygen atoms in total. The van der Waals surface area contributed by atoms with Crippen LogP contribution in [0, 0.1) is 23.7 Å². The molecule has 0 aromatic heterocycles. The van der Waals surface area contributed by atoms with Gasteiger partial charge in [0, 0.05) is 25.7 Å². The van der Waals surface area contributed by atoms with Crippen LogP contribution in [0.2, 0.25) is 0 Å². The van der Waals surface area contributed by atoms with Gasteiger partial charge in [-0.2, -0.15) is 0 Å². The minimum Gasteiger partial charge on any atom is -0.462 e. The molecule has 99 heavy (non-hydrogen) atoms. The SMILES string of the molecule is CCC(C)CCCCCCCCCCCCC(=O)O[C@H](COC(=O)CCCCCCCCCCCCCCCCCCC(C)C)COP(=O)(O)OC[C@@H](O)COP(=O)(O)OC[C@@H](COC(=O)CCCCCCCCC(C)CC)OC(=O)CCCCCCCCCCCCCCCC(C)C. The second-order valence-corrected chi connectivity index (χ2v) is 33.1. The van der Waals surface area contributed by atoms with Gasteiger partial charge in [0.15, 0.2) is 12.2 Å². The van der Waals surface area contributed by atoms with E-state index in [2.05, 4.69) is 55.4 Å². The van der Waals surface area contributed by atoms with E-state index in [0.717, 1.165) is 120 Å². The van der Waals surface area contributed by atoms with Crippen LogP contribution in [0.5, 0.6) is 0 Å². The van der Waals surface area contributed by atoms with Gasteiger partial charge in [0.2, 0.25) is 0 Å². The Bertz CT molecular complexity index is 1940. The van der Waals surface area contributed by atoms with Crippen LogP contribution in [0.25, 0.3) is 0 Å². The molecule has 4 unspecified atom stereocenters. The van der Waals surface area contributed by atoms with Crippen molar-refractivity contribution in [2.24, 2.45) is 23.7 Å². The lowest BCUT2D eigenvalue weighted by molar-refractivity contribution is -0.161. The predicted molar refractivity (Wildman–Crippen MR) is 404 cm³/mol. The third-order valence-corrected chi connectivity index (χ3v) is 21.2. The van der Waals surface area contributed by atoms with Gasteiger partial charge in [-0.15, -0.1) is 0 Å². The highest BCUT2D eigenvalue weighted by Gasteiger charge is 2.30. The molecule has 0 heterocycles. The molecule has 0 aromatic carbocycles. The molecule has 3 N–H and O–H groups in total. The third-order valence-electron chi connectivity index (χ3n) is 19.3. The molecule has 0 radical (unpaired) electrons. The van der Waals surface area contributed by atoms with Crippen LogP contribution >= 0.6 is 15.6 Å². The summed E-state index contributed by atoms with van der Waals surface area (Å²) in [5.74, 6) is 1.02. The monoisotopic (exact) mass is 1450 g/mol. The standard InChI is InChI=1S/C80H156O17P2/c1-9-72(7)58-50-42-34-28-24-25-31-37-47-55-63-80(85)96-75(66-90-77(82)60-52-44-35-29-22-18-14-12-11-13-16-20-26-32-40-48-56-70(3)4)68-94-98(86,87)92-64-74(81)65-93-99(88,89)95-69-76(67-91-78(83)61-53-45-39-38-43-51-59-73(8)10-2)97-79(84)62-54-46-36-30-23-19-15-17-21-27-33-41-49-57-71(5)6/h70-76,81H,9-69H2,1-8H3,(H,86,87)(H,88,89)/t72?,73?,74-,75-,76-/m1/s1. The summed E-state index contributed by atoms with van der Waals surface area (Å²) in [5.41, 5.74) is 0. The maximum absolute atomic E-state index is 13.1. The first-order valence-electron chi connectivity index (χ1n) is 41.3. The Balaban J connectivity index is 5.23. The van der Waals surface area contributed by atoms with E-state index in [9.17, 15) is 43.2 Å². The summed E-state index contributed by atoms with van der Waals surface area (Å²) in [6.07, 6.45) is 55.4. The number of unbranched alkanes of at least 4 members (excludes halogenated alkanes) is 41. The van der Waals surface area contributed by atoms with E-state index in [1.807, 2.05) is 0 Å². The second-order valence-electron chi connectivity index (χ2n) is 30.2. The zero-order valence-corrected chi connectivity index (χ0v) is 66.9. The molecule has 0 saturated heterocycles. The summed E-state index contributed by atoms with van der Waals surface area (Å²) in [6.45, 7) is 14.3. The quantitative estimate of drug-likeness (QED) is 0.0222. The maximum Gasteiger partial charge on any atom is 0.472 e. The Labute approximate surface area is 607 Å². The number of hydrogen-bond donors (Lipinski definition) is 3. The first-order valence-corrected chi connectivity index (χ1v) is 44.3. The molecule has 7 atom stereocenters. The van der Waals surface area contributed by atoms with Crippen LogP contribution < -0.4 is 0 Å². The number of aliphatic hydroxyl groups is 1. The van der Waals surface area contributed by atoms with Gasteiger partial charge >= 0.3 is 39.5 Å². The third kappa shape index (κ3) is 71.5. The summed E-state index contributed by atoms with van der Waals surface area (Å²) in [7, 11) is -9.92. The predicted octanol–water partition coefficient (Wildman–Crippen LogP) is 23.6. The van der Waals surface area contributed by atoms with Crippen molar-refractivity contribution in [1.29, 1.82) is 0 Å². The molecule has 0 bridgehead atoms. The number of carbonyl (C=O) groups is 4. The average Bonchev–Trinajstić information content (AvgIpc) is 1.55. The molecule has 0 aliphatic heterocycles. The van der Waals surface area contributed by atoms with Crippen LogP contribution in [0.1, 0.15) is 409 Å². The van der Waals surface area contributed by atoms with E-state index in [0.29, 0.717) is 25.7 Å². The fourth-order valence-electron chi connectivity index (χ4n) is 12.2. The molecular weight excluding hydrogens is 1290 g/mol. The van der Waals surface area contributed by atoms with E-state index in [1.54, 1.807) is 0 Å². The Kier molecular flexibility index (Phi) is 67.8. The Morgan fingerprint density at radius 3 is 0.717 bits per heavy atom. The summed E-state index contributed by atoms with van der Waals surface area (Å²) in [4.78, 5) is 73.0. The lowest BCUT2D eigenvalue weighted by Gasteiger charge is -2.21. The van der Waals surface area contributed by atoms with Crippen molar-refractivity contribution >= 4 is 39.5 Å². The van der Waals surface area contributed by atoms with Gasteiger partial charge in [-0.1, -0.05) is 357 Å². The van der Waals surface area contributed by atoms with Gasteiger partial charge in [-0.25, -0.2) is 9.13 Å². The largest absolute Gasteiger partial charge is 0.472 e. The van der Waals surface area contributed by atoms with Gasteiger partial charge in [-0.3, -0.25) is 37.3 Å². The van der Waals surface area contributed by atoms with Gasteiger partial charge in [-0.05, 0) is 49.4 Å². The highest BCUT2D eigenvalue weighted by molar-refractivity contribution is 7.47. The molecule has 19 heteroatoms. The number of aliphatic hydroxyl groups excluding tert-OH is 1. The Morgan fingerprint density at radius 2 is 0.485 bits per heavy atom. The van der Waals surface area contributed by atoms with E-state index in [-0.39, 0.29) is 25.7 Å². The zero-order chi connectivity index (χ0) is 73.1. The van der Waals surface area contributed by atoms with Crippen molar-refractivity contribution in [2.45, 2.75) is 427 Å². The highest BCUT2D eigenvalue weighted by Crippen LogP contribution is 2.45. The number of phosphoric acid groups is 2. The number of rotatable bonds is 77. The summed E-state index contributed by atoms with van der Waals surface area (Å²) >= 11 is 0. The molecule has 0 aromatic rings. The van der Waals surface area contributed by atoms with Crippen molar-refractivity contribution in [3.05, 3.63) is 0 Å². The van der Waals surface area contributed by atoms with Crippen LogP contribution in [-0.2, 0) is 65.4 Å². The molecule has 0 aliphatic rings. The topological polar surface area (TPSA) is 237 Å². The fourth-order valence-corrected chi connectivity index (χ4v) is 13.8. The van der Waals surface area contributed by atoms with E-state index >= 15 is 0 Å². The molecule has 0 saturated carbocycles. The minimum absolute atomic E-state index is 0.106. The fraction of sp³-hybridized carbons (Fsp3) is 0.950. The van der Waals surface area contributed by atoms with Crippen molar-refractivity contribution in [1.82, 2.24) is 0 Å². The maximum atomic E-state index is 13.1. The zero-order valence-electron chi connectivity index (χ0n) is 65.1. The van der Waals surface area contributed by atoms with Crippen molar-refractivity contribution in [3.8, 4) is 0 Å². The Hall–Kier alpha value is -1.94. The molecule has 0 aliphatic carbocycles. The highest BCUT2D eigenvalue weighted by atomic mass is 31.2. The smallest absolute Gasteiger partial charge is 0.462 e. The number of phosphoric ester groups is 2.